The standard InChI is InChI=1S/C15H16N2O5/c1-9-8-13(22-17-9)16-15(19)14(21-10(2)18)11-4-6-12(20-3)7-5-11/h4-8,14H,1-3H3,(H,16,19). The quantitative estimate of drug-likeness (QED) is 0.852. The average molecular weight is 304 g/mol. The molecule has 0 aliphatic rings. The van der Waals surface area contributed by atoms with Crippen LogP contribution < -0.4 is 10.1 Å². The Morgan fingerprint density at radius 3 is 2.45 bits per heavy atom. The van der Waals surface area contributed by atoms with E-state index in [1.54, 1.807) is 37.3 Å². The molecule has 0 saturated carbocycles. The molecule has 22 heavy (non-hydrogen) atoms. The lowest BCUT2D eigenvalue weighted by Crippen LogP contribution is -2.24. The highest BCUT2D eigenvalue weighted by Gasteiger charge is 2.25. The van der Waals surface area contributed by atoms with Gasteiger partial charge in [-0.1, -0.05) is 17.3 Å². The summed E-state index contributed by atoms with van der Waals surface area (Å²) in [4.78, 5) is 23.6. The van der Waals surface area contributed by atoms with Gasteiger partial charge in [0.15, 0.2) is 0 Å². The lowest BCUT2D eigenvalue weighted by Gasteiger charge is -2.16. The van der Waals surface area contributed by atoms with E-state index in [9.17, 15) is 9.59 Å². The molecule has 1 aromatic carbocycles. The predicted molar refractivity (Wildman–Crippen MR) is 77.4 cm³/mol. The van der Waals surface area contributed by atoms with Crippen LogP contribution in [-0.4, -0.2) is 24.1 Å². The van der Waals surface area contributed by atoms with Gasteiger partial charge in [0.05, 0.1) is 12.8 Å². The Balaban J connectivity index is 2.20. The summed E-state index contributed by atoms with van der Waals surface area (Å²) in [5.74, 6) is -0.272. The summed E-state index contributed by atoms with van der Waals surface area (Å²) < 4.78 is 15.1. The monoisotopic (exact) mass is 304 g/mol. The van der Waals surface area contributed by atoms with E-state index in [0.29, 0.717) is 17.0 Å². The summed E-state index contributed by atoms with van der Waals surface area (Å²) in [6.45, 7) is 2.97. The van der Waals surface area contributed by atoms with Gasteiger partial charge in [0, 0.05) is 18.6 Å². The van der Waals surface area contributed by atoms with Crippen molar-refractivity contribution in [1.29, 1.82) is 0 Å². The van der Waals surface area contributed by atoms with Gasteiger partial charge < -0.3 is 14.0 Å². The molecule has 0 saturated heterocycles. The molecule has 116 valence electrons. The first-order valence-electron chi connectivity index (χ1n) is 6.55. The zero-order valence-corrected chi connectivity index (χ0v) is 12.5. The molecule has 1 atom stereocenters. The van der Waals surface area contributed by atoms with E-state index in [0.717, 1.165) is 0 Å². The highest BCUT2D eigenvalue weighted by atomic mass is 16.5. The van der Waals surface area contributed by atoms with Crippen molar-refractivity contribution in [2.75, 3.05) is 12.4 Å². The van der Waals surface area contributed by atoms with E-state index >= 15 is 0 Å². The van der Waals surface area contributed by atoms with Gasteiger partial charge in [-0.25, -0.2) is 0 Å². The number of nitrogens with zero attached hydrogens (tertiary/aromatic N) is 1. The minimum absolute atomic E-state index is 0.188. The largest absolute Gasteiger partial charge is 0.497 e. The van der Waals surface area contributed by atoms with E-state index in [4.69, 9.17) is 14.0 Å². The summed E-state index contributed by atoms with van der Waals surface area (Å²) in [6.07, 6.45) is -1.09. The van der Waals surface area contributed by atoms with E-state index in [2.05, 4.69) is 10.5 Å². The van der Waals surface area contributed by atoms with Gasteiger partial charge >= 0.3 is 5.97 Å². The molecular weight excluding hydrogens is 288 g/mol. The smallest absolute Gasteiger partial charge is 0.303 e. The molecule has 1 heterocycles. The van der Waals surface area contributed by atoms with E-state index < -0.39 is 18.0 Å². The SMILES string of the molecule is COc1ccc(C(OC(C)=O)C(=O)Nc2cc(C)no2)cc1. The normalized spacial score (nSPS) is 11.6. The number of carbonyl (C=O) groups excluding carboxylic acids is 2. The van der Waals surface area contributed by atoms with Crippen molar-refractivity contribution in [2.45, 2.75) is 20.0 Å². The fourth-order valence-corrected chi connectivity index (χ4v) is 1.83. The fraction of sp³-hybridized carbons (Fsp3) is 0.267. The minimum atomic E-state index is -1.09. The third-order valence-electron chi connectivity index (χ3n) is 2.81. The van der Waals surface area contributed by atoms with Crippen LogP contribution in [-0.2, 0) is 14.3 Å². The van der Waals surface area contributed by atoms with Gasteiger partial charge in [-0.2, -0.15) is 0 Å². The lowest BCUT2D eigenvalue weighted by atomic mass is 10.1. The Hall–Kier alpha value is -2.83. The first kappa shape index (κ1) is 15.6. The number of ether oxygens (including phenoxy) is 2. The number of benzene rings is 1. The lowest BCUT2D eigenvalue weighted by molar-refractivity contribution is -0.152. The van der Waals surface area contributed by atoms with Gasteiger partial charge in [-0.3, -0.25) is 14.9 Å². The number of methoxy groups -OCH3 is 1. The topological polar surface area (TPSA) is 90.7 Å². The van der Waals surface area contributed by atoms with E-state index in [1.807, 2.05) is 0 Å². The van der Waals surface area contributed by atoms with Crippen LogP contribution in [0.2, 0.25) is 0 Å². The Kier molecular flexibility index (Phi) is 4.77. The summed E-state index contributed by atoms with van der Waals surface area (Å²) in [5, 5.41) is 6.19. The number of aryl methyl sites for hydroxylation is 1. The summed E-state index contributed by atoms with van der Waals surface area (Å²) in [7, 11) is 1.54. The maximum atomic E-state index is 12.3. The van der Waals surface area contributed by atoms with Crippen LogP contribution in [0.15, 0.2) is 34.9 Å². The van der Waals surface area contributed by atoms with Gasteiger partial charge in [-0.05, 0) is 19.1 Å². The molecule has 7 nitrogen and oxygen atoms in total. The molecule has 1 unspecified atom stereocenters. The van der Waals surface area contributed by atoms with Gasteiger partial charge in [-0.15, -0.1) is 0 Å². The number of hydrogen-bond acceptors (Lipinski definition) is 6. The number of nitrogens with one attached hydrogen (secondary N) is 1. The summed E-state index contributed by atoms with van der Waals surface area (Å²) in [6, 6.07) is 8.22. The van der Waals surface area contributed by atoms with Crippen LogP contribution in [0.3, 0.4) is 0 Å². The van der Waals surface area contributed by atoms with Crippen LogP contribution in [0.25, 0.3) is 0 Å². The molecule has 2 aromatic rings. The van der Waals surface area contributed by atoms with Crippen LogP contribution in [0.5, 0.6) is 5.75 Å². The number of aromatic nitrogens is 1. The second kappa shape index (κ2) is 6.75. The Labute approximate surface area is 127 Å². The maximum absolute atomic E-state index is 12.3. The number of amides is 1. The highest BCUT2D eigenvalue weighted by Crippen LogP contribution is 2.23. The average Bonchev–Trinajstić information content (AvgIpc) is 2.90. The first-order valence-corrected chi connectivity index (χ1v) is 6.55. The van der Waals surface area contributed by atoms with Crippen LogP contribution in [0, 0.1) is 6.92 Å². The summed E-state index contributed by atoms with van der Waals surface area (Å²) >= 11 is 0. The molecule has 0 aliphatic heterocycles. The molecule has 7 heteroatoms. The Morgan fingerprint density at radius 2 is 1.95 bits per heavy atom. The first-order chi connectivity index (χ1) is 10.5. The molecule has 0 bridgehead atoms. The van der Waals surface area contributed by atoms with Crippen molar-refractivity contribution in [3.63, 3.8) is 0 Å². The van der Waals surface area contributed by atoms with Gasteiger partial charge in [0.1, 0.15) is 5.75 Å². The number of rotatable bonds is 5. The van der Waals surface area contributed by atoms with E-state index in [-0.39, 0.29) is 5.88 Å². The fourth-order valence-electron chi connectivity index (χ4n) is 1.83. The van der Waals surface area contributed by atoms with Crippen molar-refractivity contribution in [2.24, 2.45) is 0 Å². The van der Waals surface area contributed by atoms with Crippen molar-refractivity contribution < 1.29 is 23.6 Å². The molecule has 1 N–H and O–H groups in total. The zero-order valence-electron chi connectivity index (χ0n) is 12.5. The molecule has 0 aliphatic carbocycles. The zero-order chi connectivity index (χ0) is 16.1. The van der Waals surface area contributed by atoms with Crippen molar-refractivity contribution in [3.05, 3.63) is 41.6 Å². The van der Waals surface area contributed by atoms with Gasteiger partial charge in [0.25, 0.3) is 5.91 Å². The van der Waals surface area contributed by atoms with Gasteiger partial charge in [0.2, 0.25) is 12.0 Å². The Bertz CT molecular complexity index is 663. The highest BCUT2D eigenvalue weighted by molar-refractivity contribution is 5.95. The van der Waals surface area contributed by atoms with Crippen molar-refractivity contribution >= 4 is 17.8 Å². The van der Waals surface area contributed by atoms with Crippen molar-refractivity contribution in [3.8, 4) is 5.75 Å². The van der Waals surface area contributed by atoms with Crippen molar-refractivity contribution in [1.82, 2.24) is 5.16 Å². The molecule has 1 amide bonds. The molecule has 0 fully saturated rings. The summed E-state index contributed by atoms with van der Waals surface area (Å²) in [5.41, 5.74) is 1.15. The minimum Gasteiger partial charge on any atom is -0.497 e. The molecule has 0 spiro atoms. The number of hydrogen-bond donors (Lipinski definition) is 1. The third-order valence-corrected chi connectivity index (χ3v) is 2.81. The second-order valence-electron chi connectivity index (χ2n) is 4.58. The molecule has 2 rings (SSSR count). The number of anilines is 1. The molecule has 0 radical (unpaired) electrons. The molecular formula is C15H16N2O5. The third kappa shape index (κ3) is 3.85. The maximum Gasteiger partial charge on any atom is 0.303 e. The second-order valence-corrected chi connectivity index (χ2v) is 4.58. The number of carbonyl (C=O) groups is 2. The molecule has 1 aromatic heterocycles. The number of esters is 1. The Morgan fingerprint density at radius 1 is 1.27 bits per heavy atom. The van der Waals surface area contributed by atoms with Crippen LogP contribution in [0.4, 0.5) is 5.88 Å². The predicted octanol–water partition coefficient (Wildman–Crippen LogP) is 2.23. The van der Waals surface area contributed by atoms with Crippen LogP contribution >= 0.6 is 0 Å². The van der Waals surface area contributed by atoms with Crippen LogP contribution in [0.1, 0.15) is 24.3 Å². The van der Waals surface area contributed by atoms with E-state index in [1.165, 1.54) is 14.0 Å².